The van der Waals surface area contributed by atoms with Crippen LogP contribution in [0, 0.1) is 0 Å². The monoisotopic (exact) mass is 397 g/mol. The van der Waals surface area contributed by atoms with E-state index in [2.05, 4.69) is 29.3 Å². The molecule has 0 spiro atoms. The number of ether oxygens (including phenoxy) is 1. The Morgan fingerprint density at radius 2 is 1.70 bits per heavy atom. The van der Waals surface area contributed by atoms with Gasteiger partial charge in [0.2, 0.25) is 5.88 Å². The van der Waals surface area contributed by atoms with Crippen molar-refractivity contribution in [2.24, 2.45) is 4.99 Å². The molecular weight excluding hydrogens is 374 g/mol. The first-order chi connectivity index (χ1) is 14.6. The molecule has 5 nitrogen and oxygen atoms in total. The number of hydroxylamine groups is 1. The van der Waals surface area contributed by atoms with Gasteiger partial charge in [-0.25, -0.2) is 9.98 Å². The van der Waals surface area contributed by atoms with Crippen molar-refractivity contribution in [2.75, 3.05) is 0 Å². The molecule has 5 heteroatoms. The Balaban J connectivity index is 1.55. The Morgan fingerprint density at radius 3 is 2.40 bits per heavy atom. The van der Waals surface area contributed by atoms with Crippen LogP contribution < -0.4 is 10.2 Å². The van der Waals surface area contributed by atoms with E-state index in [9.17, 15) is 5.21 Å². The standard InChI is InChI=1S/C25H23N3O2/c1-17(2)18-10-13-21(14-11-18)27-25(28-29)20-12-15-24(26-16-20)30-23-9-5-7-19-6-3-4-8-22(19)23/h3-17,29H,1-2H3,(H,27,28). The van der Waals surface area contributed by atoms with Crippen LogP contribution in [0.1, 0.15) is 30.9 Å². The van der Waals surface area contributed by atoms with E-state index in [1.807, 2.05) is 66.7 Å². The molecule has 0 radical (unpaired) electrons. The van der Waals surface area contributed by atoms with Crippen LogP contribution in [0.2, 0.25) is 0 Å². The lowest BCUT2D eigenvalue weighted by atomic mass is 10.0. The second-order valence-corrected chi connectivity index (χ2v) is 7.28. The van der Waals surface area contributed by atoms with Gasteiger partial charge in [-0.05, 0) is 41.1 Å². The molecule has 4 rings (SSSR count). The van der Waals surface area contributed by atoms with Crippen molar-refractivity contribution >= 4 is 22.3 Å². The van der Waals surface area contributed by atoms with Crippen molar-refractivity contribution in [1.29, 1.82) is 0 Å². The molecule has 0 atom stereocenters. The molecule has 0 unspecified atom stereocenters. The first-order valence-electron chi connectivity index (χ1n) is 9.85. The quantitative estimate of drug-likeness (QED) is 0.239. The first-order valence-corrected chi connectivity index (χ1v) is 9.85. The van der Waals surface area contributed by atoms with Crippen LogP contribution in [0.3, 0.4) is 0 Å². The smallest absolute Gasteiger partial charge is 0.219 e. The summed E-state index contributed by atoms with van der Waals surface area (Å²) in [5.74, 6) is 1.98. The lowest BCUT2D eigenvalue weighted by Gasteiger charge is -2.10. The highest BCUT2D eigenvalue weighted by Crippen LogP contribution is 2.29. The molecular formula is C25H23N3O2. The number of hydrogen-bond donors (Lipinski definition) is 2. The van der Waals surface area contributed by atoms with Gasteiger partial charge in [0.25, 0.3) is 0 Å². The lowest BCUT2D eigenvalue weighted by molar-refractivity contribution is 0.235. The number of nitrogens with zero attached hydrogens (tertiary/aromatic N) is 2. The molecule has 30 heavy (non-hydrogen) atoms. The number of benzene rings is 3. The van der Waals surface area contributed by atoms with E-state index >= 15 is 0 Å². The molecule has 0 aliphatic rings. The third-order valence-electron chi connectivity index (χ3n) is 4.88. The minimum Gasteiger partial charge on any atom is -0.438 e. The summed E-state index contributed by atoms with van der Waals surface area (Å²) >= 11 is 0. The van der Waals surface area contributed by atoms with Gasteiger partial charge in [-0.2, -0.15) is 0 Å². The molecule has 0 amide bonds. The fourth-order valence-electron chi connectivity index (χ4n) is 3.20. The second kappa shape index (κ2) is 8.76. The van der Waals surface area contributed by atoms with E-state index in [-0.39, 0.29) is 0 Å². The van der Waals surface area contributed by atoms with Crippen molar-refractivity contribution in [1.82, 2.24) is 10.5 Å². The van der Waals surface area contributed by atoms with Gasteiger partial charge in [-0.1, -0.05) is 62.4 Å². The molecule has 0 aliphatic heterocycles. The van der Waals surface area contributed by atoms with Gasteiger partial charge in [0, 0.05) is 23.2 Å². The fourth-order valence-corrected chi connectivity index (χ4v) is 3.20. The Labute approximate surface area is 175 Å². The molecule has 1 aromatic heterocycles. The van der Waals surface area contributed by atoms with Crippen LogP contribution in [-0.2, 0) is 0 Å². The minimum atomic E-state index is 0.316. The Kier molecular flexibility index (Phi) is 5.72. The summed E-state index contributed by atoms with van der Waals surface area (Å²) in [7, 11) is 0. The van der Waals surface area contributed by atoms with Crippen molar-refractivity contribution in [3.63, 3.8) is 0 Å². The van der Waals surface area contributed by atoms with Crippen LogP contribution in [-0.4, -0.2) is 16.0 Å². The van der Waals surface area contributed by atoms with Crippen LogP contribution in [0.4, 0.5) is 5.69 Å². The average Bonchev–Trinajstić information content (AvgIpc) is 2.79. The van der Waals surface area contributed by atoms with Gasteiger partial charge in [0.1, 0.15) is 5.75 Å². The molecule has 0 fully saturated rings. The Morgan fingerprint density at radius 1 is 0.933 bits per heavy atom. The van der Waals surface area contributed by atoms with Gasteiger partial charge in [-0.15, -0.1) is 0 Å². The molecule has 0 saturated carbocycles. The molecule has 0 bridgehead atoms. The third-order valence-corrected chi connectivity index (χ3v) is 4.88. The Bertz CT molecular complexity index is 1160. The molecule has 3 aromatic carbocycles. The average molecular weight is 397 g/mol. The normalized spacial score (nSPS) is 11.7. The second-order valence-electron chi connectivity index (χ2n) is 7.28. The van der Waals surface area contributed by atoms with Crippen molar-refractivity contribution in [3.05, 3.63) is 96.2 Å². The number of amidine groups is 1. The van der Waals surface area contributed by atoms with Crippen LogP contribution in [0.25, 0.3) is 10.8 Å². The van der Waals surface area contributed by atoms with Gasteiger partial charge < -0.3 is 4.74 Å². The topological polar surface area (TPSA) is 66.7 Å². The highest BCUT2D eigenvalue weighted by atomic mass is 16.5. The molecule has 0 aliphatic carbocycles. The number of fused-ring (bicyclic) bond motifs is 1. The van der Waals surface area contributed by atoms with Crippen LogP contribution in [0.5, 0.6) is 11.6 Å². The van der Waals surface area contributed by atoms with E-state index < -0.39 is 0 Å². The number of aromatic nitrogens is 1. The summed E-state index contributed by atoms with van der Waals surface area (Å²) in [6.45, 7) is 4.29. The van der Waals surface area contributed by atoms with Crippen molar-refractivity contribution in [2.45, 2.75) is 19.8 Å². The fraction of sp³-hybridized carbons (Fsp3) is 0.120. The van der Waals surface area contributed by atoms with Gasteiger partial charge >= 0.3 is 0 Å². The maximum absolute atomic E-state index is 9.57. The highest BCUT2D eigenvalue weighted by molar-refractivity contribution is 5.99. The van der Waals surface area contributed by atoms with Gasteiger partial charge in [0.15, 0.2) is 5.84 Å². The predicted octanol–water partition coefficient (Wildman–Crippen LogP) is 6.21. The summed E-state index contributed by atoms with van der Waals surface area (Å²) in [5, 5.41) is 11.7. The third kappa shape index (κ3) is 4.31. The summed E-state index contributed by atoms with van der Waals surface area (Å²) in [4.78, 5) is 8.85. The minimum absolute atomic E-state index is 0.316. The zero-order chi connectivity index (χ0) is 20.9. The zero-order valence-electron chi connectivity index (χ0n) is 16.9. The van der Waals surface area contributed by atoms with E-state index in [0.717, 1.165) is 22.2 Å². The summed E-state index contributed by atoms with van der Waals surface area (Å²) in [6, 6.07) is 25.5. The summed E-state index contributed by atoms with van der Waals surface area (Å²) in [6.07, 6.45) is 1.62. The SMILES string of the molecule is CC(C)c1ccc(N=C(NO)c2ccc(Oc3cccc4ccccc34)nc2)cc1. The maximum atomic E-state index is 9.57. The number of rotatable bonds is 5. The number of aliphatic imine (C=N–C) groups is 1. The van der Waals surface area contributed by atoms with Gasteiger partial charge in [-0.3, -0.25) is 10.7 Å². The van der Waals surface area contributed by atoms with Crippen LogP contribution in [0.15, 0.2) is 90.1 Å². The molecule has 2 N–H and O–H groups in total. The van der Waals surface area contributed by atoms with E-state index in [0.29, 0.717) is 23.2 Å². The van der Waals surface area contributed by atoms with E-state index in [4.69, 9.17) is 4.74 Å². The largest absolute Gasteiger partial charge is 0.438 e. The number of pyridine rings is 1. The molecule has 0 saturated heterocycles. The predicted molar refractivity (Wildman–Crippen MR) is 120 cm³/mol. The van der Waals surface area contributed by atoms with Gasteiger partial charge in [0.05, 0.1) is 5.69 Å². The maximum Gasteiger partial charge on any atom is 0.219 e. The first kappa shape index (κ1) is 19.6. The van der Waals surface area contributed by atoms with Crippen LogP contribution >= 0.6 is 0 Å². The highest BCUT2D eigenvalue weighted by Gasteiger charge is 2.07. The molecule has 1 heterocycles. The summed E-state index contributed by atoms with van der Waals surface area (Å²) < 4.78 is 5.98. The Hall–Kier alpha value is -3.70. The summed E-state index contributed by atoms with van der Waals surface area (Å²) in [5.41, 5.74) is 4.80. The molecule has 150 valence electrons. The molecule has 4 aromatic rings. The number of hydrogen-bond acceptors (Lipinski definition) is 4. The van der Waals surface area contributed by atoms with E-state index in [1.165, 1.54) is 5.56 Å². The number of nitrogens with one attached hydrogen (secondary N) is 1. The van der Waals surface area contributed by atoms with E-state index in [1.54, 1.807) is 18.3 Å². The van der Waals surface area contributed by atoms with Crippen molar-refractivity contribution < 1.29 is 9.94 Å². The lowest BCUT2D eigenvalue weighted by Crippen LogP contribution is -2.20. The van der Waals surface area contributed by atoms with Crippen molar-refractivity contribution in [3.8, 4) is 11.6 Å². The zero-order valence-corrected chi connectivity index (χ0v) is 16.9.